The Balaban J connectivity index is 3.37. The number of amides is 1. The van der Waals surface area contributed by atoms with Crippen molar-refractivity contribution >= 4 is 11.9 Å². The van der Waals surface area contributed by atoms with Gasteiger partial charge in [-0.3, -0.25) is 9.59 Å². The van der Waals surface area contributed by atoms with Crippen molar-refractivity contribution in [3.8, 4) is 0 Å². The fourth-order valence-corrected chi connectivity index (χ4v) is 11.4. The maximum Gasteiger partial charge on any atom is 0.305 e. The van der Waals surface area contributed by atoms with E-state index in [1.165, 1.54) is 334 Å². The van der Waals surface area contributed by atoms with E-state index < -0.39 is 12.1 Å². The molecule has 0 saturated heterocycles. The van der Waals surface area contributed by atoms with Gasteiger partial charge in [-0.1, -0.05) is 367 Å². The molecule has 2 unspecified atom stereocenters. The van der Waals surface area contributed by atoms with Gasteiger partial charge in [-0.25, -0.2) is 0 Å². The molecule has 0 aromatic carbocycles. The van der Waals surface area contributed by atoms with Crippen molar-refractivity contribution in [1.29, 1.82) is 0 Å². The molecule has 0 aliphatic carbocycles. The topological polar surface area (TPSA) is 95.9 Å². The first-order valence-electron chi connectivity index (χ1n) is 34.8. The molecule has 0 rings (SSSR count). The van der Waals surface area contributed by atoms with E-state index in [9.17, 15) is 19.8 Å². The number of hydrogen-bond donors (Lipinski definition) is 3. The van der Waals surface area contributed by atoms with Gasteiger partial charge in [0.15, 0.2) is 0 Å². The lowest BCUT2D eigenvalue weighted by Gasteiger charge is -2.22. The van der Waals surface area contributed by atoms with Crippen LogP contribution in [0.4, 0.5) is 0 Å². The zero-order valence-electron chi connectivity index (χ0n) is 51.3. The molecule has 3 N–H and O–H groups in total. The first kappa shape index (κ1) is 73.9. The van der Waals surface area contributed by atoms with E-state index in [4.69, 9.17) is 4.74 Å². The predicted octanol–water partition coefficient (Wildman–Crippen LogP) is 22.2. The molecule has 0 aliphatic rings. The van der Waals surface area contributed by atoms with Crippen molar-refractivity contribution in [3.63, 3.8) is 0 Å². The minimum Gasteiger partial charge on any atom is -0.466 e. The maximum atomic E-state index is 12.5. The number of ether oxygens (including phenoxy) is 1. The molecule has 0 aromatic rings. The van der Waals surface area contributed by atoms with Crippen LogP contribution in [-0.4, -0.2) is 47.4 Å². The number of nitrogens with one attached hydrogen (secondary N) is 1. The van der Waals surface area contributed by atoms with Gasteiger partial charge < -0.3 is 20.3 Å². The van der Waals surface area contributed by atoms with Crippen molar-refractivity contribution in [2.24, 2.45) is 0 Å². The molecule has 448 valence electrons. The molecule has 0 saturated carbocycles. The summed E-state index contributed by atoms with van der Waals surface area (Å²) in [6, 6.07) is -0.542. The fourth-order valence-electron chi connectivity index (χ4n) is 11.4. The second kappa shape index (κ2) is 65.4. The molecule has 0 spiro atoms. The lowest BCUT2D eigenvalue weighted by Crippen LogP contribution is -2.45. The number of carbonyl (C=O) groups excluding carboxylic acids is 2. The highest BCUT2D eigenvalue weighted by Crippen LogP contribution is 2.19. The van der Waals surface area contributed by atoms with Crippen LogP contribution in [0.2, 0.25) is 0 Å². The van der Waals surface area contributed by atoms with E-state index in [0.29, 0.717) is 25.9 Å². The number of aliphatic hydroxyl groups excluding tert-OH is 2. The van der Waals surface area contributed by atoms with Gasteiger partial charge in [-0.05, 0) is 25.7 Å². The molecule has 1 amide bonds. The molecule has 6 nitrogen and oxygen atoms in total. The molecule has 0 aliphatic heterocycles. The van der Waals surface area contributed by atoms with Crippen molar-refractivity contribution in [1.82, 2.24) is 5.32 Å². The Hall–Kier alpha value is -1.14. The average Bonchev–Trinajstić information content (AvgIpc) is 3.41. The van der Waals surface area contributed by atoms with Crippen molar-refractivity contribution < 1.29 is 24.5 Å². The van der Waals surface area contributed by atoms with Crippen molar-refractivity contribution in [2.75, 3.05) is 13.2 Å². The third-order valence-corrected chi connectivity index (χ3v) is 16.7. The summed E-state index contributed by atoms with van der Waals surface area (Å²) in [4.78, 5) is 24.6. The first-order chi connectivity index (χ1) is 37.0. The van der Waals surface area contributed by atoms with Crippen LogP contribution in [0.5, 0.6) is 0 Å². The Morgan fingerprint density at radius 1 is 0.320 bits per heavy atom. The SMILES string of the molecule is CCCCCCCCCCCCCCCCCCCCCCCCCC(O)C(CO)NC(=O)CCCCCCCCCCCCCCCCCCCCCCCCOC(=O)CCCCCCCCCCCCCCC. The van der Waals surface area contributed by atoms with Crippen molar-refractivity contribution in [3.05, 3.63) is 0 Å². The number of hydrogen-bond acceptors (Lipinski definition) is 5. The number of unbranched alkanes of at least 4 members (excludes halogenated alkanes) is 55. The molecule has 75 heavy (non-hydrogen) atoms. The molecular formula is C69H137NO5. The predicted molar refractivity (Wildman–Crippen MR) is 329 cm³/mol. The van der Waals surface area contributed by atoms with Crippen molar-refractivity contribution in [2.45, 2.75) is 418 Å². The second-order valence-corrected chi connectivity index (χ2v) is 24.2. The summed E-state index contributed by atoms with van der Waals surface area (Å²) < 4.78 is 5.49. The zero-order valence-corrected chi connectivity index (χ0v) is 51.3. The fraction of sp³-hybridized carbons (Fsp3) is 0.971. The monoisotopic (exact) mass is 1060 g/mol. The standard InChI is InChI=1S/C69H137NO5/c1-3-5-7-9-11-13-15-17-18-19-20-21-22-25-28-31-34-38-41-45-49-53-57-61-67(72)66(65-71)70-68(73)62-58-54-50-46-42-39-35-32-29-26-23-24-27-30-33-36-40-44-48-52-56-60-64-75-69(74)63-59-55-51-47-43-37-16-14-12-10-8-6-4-2/h66-67,71-72H,3-65H2,1-2H3,(H,70,73). The Morgan fingerprint density at radius 3 is 0.813 bits per heavy atom. The van der Waals surface area contributed by atoms with E-state index >= 15 is 0 Å². The number of rotatable bonds is 66. The van der Waals surface area contributed by atoms with Gasteiger partial charge in [-0.15, -0.1) is 0 Å². The highest BCUT2D eigenvalue weighted by molar-refractivity contribution is 5.76. The molecular weight excluding hydrogens is 923 g/mol. The van der Waals surface area contributed by atoms with Crippen LogP contribution in [0.15, 0.2) is 0 Å². The van der Waals surface area contributed by atoms with Crippen LogP contribution in [-0.2, 0) is 14.3 Å². The van der Waals surface area contributed by atoms with Crippen LogP contribution in [0.25, 0.3) is 0 Å². The molecule has 0 heterocycles. The van der Waals surface area contributed by atoms with Gasteiger partial charge in [-0.2, -0.15) is 0 Å². The van der Waals surface area contributed by atoms with Gasteiger partial charge >= 0.3 is 5.97 Å². The summed E-state index contributed by atoms with van der Waals surface area (Å²) in [7, 11) is 0. The minimum atomic E-state index is -0.665. The quantitative estimate of drug-likeness (QED) is 0.0417. The summed E-state index contributed by atoms with van der Waals surface area (Å²) >= 11 is 0. The van der Waals surface area contributed by atoms with E-state index in [1.54, 1.807) is 0 Å². The van der Waals surface area contributed by atoms with Crippen LogP contribution in [0.1, 0.15) is 406 Å². The third-order valence-electron chi connectivity index (χ3n) is 16.7. The summed E-state index contributed by atoms with van der Waals surface area (Å²) in [6.45, 7) is 5.00. The van der Waals surface area contributed by atoms with Gasteiger partial charge in [0.25, 0.3) is 0 Å². The number of esters is 1. The van der Waals surface area contributed by atoms with Crippen LogP contribution in [0.3, 0.4) is 0 Å². The zero-order chi connectivity index (χ0) is 54.3. The number of carbonyl (C=O) groups is 2. The molecule has 2 atom stereocenters. The Morgan fingerprint density at radius 2 is 0.547 bits per heavy atom. The summed E-state index contributed by atoms with van der Waals surface area (Å²) in [5.41, 5.74) is 0. The van der Waals surface area contributed by atoms with Crippen LogP contribution >= 0.6 is 0 Å². The Kier molecular flexibility index (Phi) is 64.4. The highest BCUT2D eigenvalue weighted by Gasteiger charge is 2.20. The Labute approximate surface area is 470 Å². The van der Waals surface area contributed by atoms with Gasteiger partial charge in [0, 0.05) is 12.8 Å². The second-order valence-electron chi connectivity index (χ2n) is 24.2. The Bertz CT molecular complexity index is 1080. The first-order valence-corrected chi connectivity index (χ1v) is 34.8. The largest absolute Gasteiger partial charge is 0.466 e. The van der Waals surface area contributed by atoms with Gasteiger partial charge in [0.1, 0.15) is 0 Å². The summed E-state index contributed by atoms with van der Waals surface area (Å²) in [6.07, 6.45) is 78.5. The third kappa shape index (κ3) is 61.9. The smallest absolute Gasteiger partial charge is 0.305 e. The van der Waals surface area contributed by atoms with Crippen LogP contribution < -0.4 is 5.32 Å². The highest BCUT2D eigenvalue weighted by atomic mass is 16.5. The molecule has 0 aromatic heterocycles. The molecule has 6 heteroatoms. The van der Waals surface area contributed by atoms with E-state index in [0.717, 1.165) is 38.5 Å². The molecule has 0 fully saturated rings. The summed E-state index contributed by atoms with van der Waals surface area (Å²) in [5.74, 6) is -0.0131. The maximum absolute atomic E-state index is 12.5. The molecule has 0 bridgehead atoms. The van der Waals surface area contributed by atoms with Gasteiger partial charge in [0.05, 0.1) is 25.4 Å². The van der Waals surface area contributed by atoms with Gasteiger partial charge in [0.2, 0.25) is 5.91 Å². The number of aliphatic hydroxyl groups is 2. The minimum absolute atomic E-state index is 0.0163. The lowest BCUT2D eigenvalue weighted by atomic mass is 10.0. The lowest BCUT2D eigenvalue weighted by molar-refractivity contribution is -0.143. The van der Waals surface area contributed by atoms with E-state index in [2.05, 4.69) is 19.2 Å². The molecule has 0 radical (unpaired) electrons. The van der Waals surface area contributed by atoms with E-state index in [1.807, 2.05) is 0 Å². The van der Waals surface area contributed by atoms with E-state index in [-0.39, 0.29) is 18.5 Å². The normalized spacial score (nSPS) is 12.4. The van der Waals surface area contributed by atoms with Crippen LogP contribution in [0, 0.1) is 0 Å². The average molecular weight is 1060 g/mol. The summed E-state index contributed by atoms with van der Waals surface area (Å²) in [5, 5.41) is 23.4.